The zero-order valence-corrected chi connectivity index (χ0v) is 23.8. The van der Waals surface area contributed by atoms with E-state index < -0.39 is 0 Å². The van der Waals surface area contributed by atoms with E-state index in [2.05, 4.69) is 70.0 Å². The van der Waals surface area contributed by atoms with Crippen LogP contribution in [0.1, 0.15) is 11.1 Å². The number of piperazine rings is 1. The van der Waals surface area contributed by atoms with E-state index in [1.54, 1.807) is 24.2 Å². The van der Waals surface area contributed by atoms with Crippen molar-refractivity contribution in [3.8, 4) is 17.6 Å². The summed E-state index contributed by atoms with van der Waals surface area (Å²) in [7, 11) is 1.59. The molecular formula is C32H28IN3O3. The van der Waals surface area contributed by atoms with Crippen molar-refractivity contribution in [3.05, 3.63) is 105 Å². The Morgan fingerprint density at radius 2 is 1.69 bits per heavy atom. The van der Waals surface area contributed by atoms with Crippen LogP contribution in [0.15, 0.2) is 90.5 Å². The minimum absolute atomic E-state index is 0.102. The number of rotatable bonds is 7. The average Bonchev–Trinajstić information content (AvgIpc) is 2.99. The Labute approximate surface area is 242 Å². The van der Waals surface area contributed by atoms with Gasteiger partial charge in [-0.2, -0.15) is 5.26 Å². The van der Waals surface area contributed by atoms with Crippen LogP contribution >= 0.6 is 22.6 Å². The number of benzene rings is 4. The van der Waals surface area contributed by atoms with Gasteiger partial charge in [0, 0.05) is 31.9 Å². The third-order valence-electron chi connectivity index (χ3n) is 6.85. The van der Waals surface area contributed by atoms with Crippen LogP contribution in [0.2, 0.25) is 0 Å². The van der Waals surface area contributed by atoms with Gasteiger partial charge in [-0.3, -0.25) is 4.79 Å². The molecule has 0 radical (unpaired) electrons. The van der Waals surface area contributed by atoms with E-state index in [-0.39, 0.29) is 11.5 Å². The summed E-state index contributed by atoms with van der Waals surface area (Å²) >= 11 is 2.20. The molecule has 1 aliphatic rings. The van der Waals surface area contributed by atoms with Gasteiger partial charge in [-0.1, -0.05) is 60.7 Å². The molecule has 0 atom stereocenters. The van der Waals surface area contributed by atoms with Gasteiger partial charge in [0.15, 0.2) is 11.5 Å². The maximum absolute atomic E-state index is 13.2. The summed E-state index contributed by atoms with van der Waals surface area (Å²) in [6, 6.07) is 30.4. The minimum atomic E-state index is -0.254. The van der Waals surface area contributed by atoms with Gasteiger partial charge in [0.1, 0.15) is 18.2 Å². The van der Waals surface area contributed by atoms with Gasteiger partial charge in [0.2, 0.25) is 0 Å². The van der Waals surface area contributed by atoms with Crippen molar-refractivity contribution in [3.63, 3.8) is 0 Å². The van der Waals surface area contributed by atoms with Crippen molar-refractivity contribution in [2.45, 2.75) is 6.61 Å². The van der Waals surface area contributed by atoms with E-state index >= 15 is 0 Å². The van der Waals surface area contributed by atoms with E-state index in [1.807, 2.05) is 42.5 Å². The molecule has 0 aromatic heterocycles. The van der Waals surface area contributed by atoms with Crippen LogP contribution < -0.4 is 14.4 Å². The maximum atomic E-state index is 13.2. The molecule has 39 heavy (non-hydrogen) atoms. The summed E-state index contributed by atoms with van der Waals surface area (Å²) in [4.78, 5) is 17.2. The third kappa shape index (κ3) is 6.02. The fraction of sp³-hybridized carbons (Fsp3) is 0.188. The topological polar surface area (TPSA) is 65.8 Å². The monoisotopic (exact) mass is 629 g/mol. The Balaban J connectivity index is 1.31. The standard InChI is InChI=1S/C32H28IN3O3/c1-38-30-20-23(19-29(33)31(30)39-22-25-10-7-9-24-8-5-6-13-28(24)25)18-26(21-34)32(37)36-16-14-35(15-17-36)27-11-3-2-4-12-27/h2-13,18-20H,14-17,22H2,1H3/b26-18-. The number of para-hydroxylation sites is 1. The highest BCUT2D eigenvalue weighted by Crippen LogP contribution is 2.36. The van der Waals surface area contributed by atoms with Crippen molar-refractivity contribution < 1.29 is 14.3 Å². The number of nitriles is 1. The molecule has 1 amide bonds. The number of fused-ring (bicyclic) bond motifs is 1. The molecule has 1 fully saturated rings. The van der Waals surface area contributed by atoms with E-state index in [1.165, 1.54) is 0 Å². The highest BCUT2D eigenvalue weighted by Gasteiger charge is 2.24. The number of hydrogen-bond donors (Lipinski definition) is 0. The lowest BCUT2D eigenvalue weighted by Crippen LogP contribution is -2.49. The predicted molar refractivity (Wildman–Crippen MR) is 163 cm³/mol. The predicted octanol–water partition coefficient (Wildman–Crippen LogP) is 6.29. The molecule has 0 aliphatic carbocycles. The molecular weight excluding hydrogens is 601 g/mol. The molecule has 4 aromatic carbocycles. The van der Waals surface area contributed by atoms with Gasteiger partial charge < -0.3 is 19.3 Å². The number of amides is 1. The molecule has 0 N–H and O–H groups in total. The SMILES string of the molecule is COc1cc(/C=C(/C#N)C(=O)N2CCN(c3ccccc3)CC2)cc(I)c1OCc1cccc2ccccc12. The van der Waals surface area contributed by atoms with Crippen LogP contribution in [0.4, 0.5) is 5.69 Å². The molecule has 0 saturated carbocycles. The second-order valence-electron chi connectivity index (χ2n) is 9.25. The van der Waals surface area contributed by atoms with Crippen molar-refractivity contribution in [1.29, 1.82) is 5.26 Å². The summed E-state index contributed by atoms with van der Waals surface area (Å²) in [5.74, 6) is 0.926. The van der Waals surface area contributed by atoms with Crippen LogP contribution in [-0.2, 0) is 11.4 Å². The maximum Gasteiger partial charge on any atom is 0.264 e. The Morgan fingerprint density at radius 3 is 2.44 bits per heavy atom. The highest BCUT2D eigenvalue weighted by atomic mass is 127. The molecule has 6 nitrogen and oxygen atoms in total. The highest BCUT2D eigenvalue weighted by molar-refractivity contribution is 14.1. The number of hydrogen-bond acceptors (Lipinski definition) is 5. The lowest BCUT2D eigenvalue weighted by Gasteiger charge is -2.36. The molecule has 0 bridgehead atoms. The molecule has 196 valence electrons. The first kappa shape index (κ1) is 26.6. The smallest absolute Gasteiger partial charge is 0.264 e. The molecule has 1 saturated heterocycles. The average molecular weight is 629 g/mol. The van der Waals surface area contributed by atoms with E-state index in [4.69, 9.17) is 9.47 Å². The van der Waals surface area contributed by atoms with Crippen LogP contribution in [0, 0.1) is 14.9 Å². The Morgan fingerprint density at radius 1 is 0.974 bits per heavy atom. The van der Waals surface area contributed by atoms with Crippen LogP contribution in [0.5, 0.6) is 11.5 Å². The normalized spacial score (nSPS) is 13.7. The zero-order chi connectivity index (χ0) is 27.2. The molecule has 0 spiro atoms. The summed E-state index contributed by atoms with van der Waals surface area (Å²) in [6.45, 7) is 2.97. The number of carbonyl (C=O) groups is 1. The van der Waals surface area contributed by atoms with E-state index in [9.17, 15) is 10.1 Å². The van der Waals surface area contributed by atoms with Crippen LogP contribution in [0.25, 0.3) is 16.8 Å². The van der Waals surface area contributed by atoms with Crippen molar-refractivity contribution >= 4 is 51.0 Å². The molecule has 1 aliphatic heterocycles. The van der Waals surface area contributed by atoms with Crippen molar-refractivity contribution in [2.24, 2.45) is 0 Å². The lowest BCUT2D eigenvalue weighted by atomic mass is 10.1. The molecule has 7 heteroatoms. The quantitative estimate of drug-likeness (QED) is 0.137. The third-order valence-corrected chi connectivity index (χ3v) is 7.66. The number of nitrogens with zero attached hydrogens (tertiary/aromatic N) is 3. The number of methoxy groups -OCH3 is 1. The Bertz CT molecular complexity index is 1550. The summed E-state index contributed by atoms with van der Waals surface area (Å²) in [5.41, 5.74) is 3.04. The first-order chi connectivity index (χ1) is 19.1. The van der Waals surface area contributed by atoms with Gasteiger partial charge >= 0.3 is 0 Å². The molecule has 4 aromatic rings. The summed E-state index contributed by atoms with van der Waals surface area (Å²) in [5, 5.41) is 12.1. The fourth-order valence-electron chi connectivity index (χ4n) is 4.82. The summed E-state index contributed by atoms with van der Waals surface area (Å²) < 4.78 is 12.7. The number of anilines is 1. The second-order valence-corrected chi connectivity index (χ2v) is 10.4. The van der Waals surface area contributed by atoms with Gasteiger partial charge in [-0.05, 0) is 74.8 Å². The number of halogens is 1. The second kappa shape index (κ2) is 12.2. The van der Waals surface area contributed by atoms with Gasteiger partial charge in [-0.15, -0.1) is 0 Å². The van der Waals surface area contributed by atoms with E-state index in [0.717, 1.165) is 38.7 Å². The Kier molecular flexibility index (Phi) is 8.33. The van der Waals surface area contributed by atoms with Crippen molar-refractivity contribution in [1.82, 2.24) is 4.90 Å². The first-order valence-electron chi connectivity index (χ1n) is 12.8. The molecule has 1 heterocycles. The van der Waals surface area contributed by atoms with Gasteiger partial charge in [0.25, 0.3) is 5.91 Å². The van der Waals surface area contributed by atoms with E-state index in [0.29, 0.717) is 36.8 Å². The Hall–Kier alpha value is -4.03. The van der Waals surface area contributed by atoms with Crippen LogP contribution in [-0.4, -0.2) is 44.1 Å². The minimum Gasteiger partial charge on any atom is -0.493 e. The lowest BCUT2D eigenvalue weighted by molar-refractivity contribution is -0.126. The molecule has 5 rings (SSSR count). The zero-order valence-electron chi connectivity index (χ0n) is 21.6. The van der Waals surface area contributed by atoms with Crippen LogP contribution in [0.3, 0.4) is 0 Å². The molecule has 0 unspecified atom stereocenters. The first-order valence-corrected chi connectivity index (χ1v) is 13.8. The number of carbonyl (C=O) groups excluding carboxylic acids is 1. The van der Waals surface area contributed by atoms with Gasteiger partial charge in [0.05, 0.1) is 10.7 Å². The van der Waals surface area contributed by atoms with Crippen molar-refractivity contribution in [2.75, 3.05) is 38.2 Å². The largest absolute Gasteiger partial charge is 0.493 e. The summed E-state index contributed by atoms with van der Waals surface area (Å²) in [6.07, 6.45) is 1.63. The fourth-order valence-corrected chi connectivity index (χ4v) is 5.60. The number of ether oxygens (including phenoxy) is 2. The van der Waals surface area contributed by atoms with Gasteiger partial charge in [-0.25, -0.2) is 0 Å².